The third-order valence-corrected chi connectivity index (χ3v) is 6.02. The van der Waals surface area contributed by atoms with Crippen LogP contribution in [0.5, 0.6) is 11.5 Å². The average Bonchev–Trinajstić information content (AvgIpc) is 2.71. The van der Waals surface area contributed by atoms with Crippen LogP contribution in [0.2, 0.25) is 0 Å². The molecule has 1 saturated carbocycles. The van der Waals surface area contributed by atoms with E-state index in [1.807, 2.05) is 12.1 Å². The first-order valence-corrected chi connectivity index (χ1v) is 10.6. The van der Waals surface area contributed by atoms with Crippen molar-refractivity contribution in [1.29, 1.82) is 0 Å². The van der Waals surface area contributed by atoms with Crippen molar-refractivity contribution in [2.24, 2.45) is 5.92 Å². The molecule has 0 aromatic heterocycles. The SMILES string of the molecule is COc1ccc(C2(CN(C)C[C@H](C)COCc3ccccc3)CCC2)cc1OC. The van der Waals surface area contributed by atoms with Gasteiger partial charge in [0.25, 0.3) is 0 Å². The minimum Gasteiger partial charge on any atom is -0.493 e. The smallest absolute Gasteiger partial charge is 0.161 e. The van der Waals surface area contributed by atoms with Gasteiger partial charge in [0.2, 0.25) is 0 Å². The molecule has 4 nitrogen and oxygen atoms in total. The summed E-state index contributed by atoms with van der Waals surface area (Å²) < 4.78 is 16.9. The molecule has 0 amide bonds. The second kappa shape index (κ2) is 10.1. The molecule has 2 aromatic rings. The lowest BCUT2D eigenvalue weighted by Gasteiger charge is -2.45. The predicted molar refractivity (Wildman–Crippen MR) is 118 cm³/mol. The molecule has 1 atom stereocenters. The minimum absolute atomic E-state index is 0.221. The average molecular weight is 398 g/mol. The number of likely N-dealkylation sites (N-methyl/N-ethyl adjacent to an activating group) is 1. The minimum atomic E-state index is 0.221. The van der Waals surface area contributed by atoms with Gasteiger partial charge in [-0.05, 0) is 49.1 Å². The quantitative estimate of drug-likeness (QED) is 0.539. The van der Waals surface area contributed by atoms with E-state index in [9.17, 15) is 0 Å². The highest BCUT2D eigenvalue weighted by Gasteiger charge is 2.40. The summed E-state index contributed by atoms with van der Waals surface area (Å²) in [5, 5.41) is 0. The molecule has 3 rings (SSSR count). The second-order valence-corrected chi connectivity index (χ2v) is 8.51. The number of benzene rings is 2. The molecule has 29 heavy (non-hydrogen) atoms. The molecule has 1 fully saturated rings. The number of hydrogen-bond donors (Lipinski definition) is 0. The Labute approximate surface area is 175 Å². The van der Waals surface area contributed by atoms with Crippen LogP contribution in [0.1, 0.15) is 37.3 Å². The van der Waals surface area contributed by atoms with Crippen molar-refractivity contribution >= 4 is 0 Å². The lowest BCUT2D eigenvalue weighted by Crippen LogP contribution is -2.45. The van der Waals surface area contributed by atoms with Gasteiger partial charge in [-0.25, -0.2) is 0 Å². The standard InChI is InChI=1S/C25H35NO3/c1-20(17-29-18-21-9-6-5-7-10-21)16-26(2)19-25(13-8-14-25)22-11-12-23(27-3)24(15-22)28-4/h5-7,9-12,15,20H,8,13-14,16-19H2,1-4H3/t20-/m0/s1. The molecule has 0 N–H and O–H groups in total. The van der Waals surface area contributed by atoms with Gasteiger partial charge >= 0.3 is 0 Å². The van der Waals surface area contributed by atoms with Gasteiger partial charge in [0.1, 0.15) is 0 Å². The zero-order chi connectivity index (χ0) is 20.7. The Morgan fingerprint density at radius 1 is 1.00 bits per heavy atom. The molecule has 2 aromatic carbocycles. The molecular formula is C25H35NO3. The van der Waals surface area contributed by atoms with Gasteiger partial charge in [-0.15, -0.1) is 0 Å². The maximum Gasteiger partial charge on any atom is 0.161 e. The molecule has 1 aliphatic rings. The number of rotatable bonds is 11. The van der Waals surface area contributed by atoms with Gasteiger partial charge in [0.05, 0.1) is 27.4 Å². The first-order valence-electron chi connectivity index (χ1n) is 10.6. The summed E-state index contributed by atoms with van der Waals surface area (Å²) in [4.78, 5) is 2.46. The van der Waals surface area contributed by atoms with Gasteiger partial charge in [0, 0.05) is 18.5 Å². The van der Waals surface area contributed by atoms with Gasteiger partial charge in [-0.1, -0.05) is 49.7 Å². The fourth-order valence-corrected chi connectivity index (χ4v) is 4.43. The molecular weight excluding hydrogens is 362 g/mol. The van der Waals surface area contributed by atoms with E-state index in [4.69, 9.17) is 14.2 Å². The Morgan fingerprint density at radius 3 is 2.34 bits per heavy atom. The molecule has 158 valence electrons. The van der Waals surface area contributed by atoms with E-state index >= 15 is 0 Å². The van der Waals surface area contributed by atoms with Crippen molar-refractivity contribution in [3.05, 3.63) is 59.7 Å². The molecule has 1 aliphatic carbocycles. The Morgan fingerprint density at radius 2 is 1.72 bits per heavy atom. The van der Waals surface area contributed by atoms with Crippen LogP contribution in [0.25, 0.3) is 0 Å². The second-order valence-electron chi connectivity index (χ2n) is 8.51. The maximum absolute atomic E-state index is 5.94. The summed E-state index contributed by atoms with van der Waals surface area (Å²) in [6, 6.07) is 16.8. The Kier molecular flexibility index (Phi) is 7.57. The molecule has 0 radical (unpaired) electrons. The lowest BCUT2D eigenvalue weighted by molar-refractivity contribution is 0.0714. The highest BCUT2D eigenvalue weighted by Crippen LogP contribution is 2.46. The highest BCUT2D eigenvalue weighted by molar-refractivity contribution is 5.46. The highest BCUT2D eigenvalue weighted by atomic mass is 16.5. The van der Waals surface area contributed by atoms with Crippen LogP contribution in [0, 0.1) is 5.92 Å². The van der Waals surface area contributed by atoms with E-state index in [1.165, 1.54) is 30.4 Å². The largest absolute Gasteiger partial charge is 0.493 e. The number of nitrogens with zero attached hydrogens (tertiary/aromatic N) is 1. The van der Waals surface area contributed by atoms with E-state index < -0.39 is 0 Å². The first-order chi connectivity index (χ1) is 14.1. The van der Waals surface area contributed by atoms with Crippen LogP contribution >= 0.6 is 0 Å². The van der Waals surface area contributed by atoms with Crippen LogP contribution in [0.15, 0.2) is 48.5 Å². The normalized spacial score (nSPS) is 16.3. The topological polar surface area (TPSA) is 30.9 Å². The van der Waals surface area contributed by atoms with Crippen LogP contribution < -0.4 is 9.47 Å². The van der Waals surface area contributed by atoms with Gasteiger partial charge in [0.15, 0.2) is 11.5 Å². The summed E-state index contributed by atoms with van der Waals surface area (Å²) in [6.45, 7) is 5.83. The molecule has 4 heteroatoms. The lowest BCUT2D eigenvalue weighted by atomic mass is 9.64. The monoisotopic (exact) mass is 397 g/mol. The summed E-state index contributed by atoms with van der Waals surface area (Å²) in [5.41, 5.74) is 2.81. The van der Waals surface area contributed by atoms with E-state index in [1.54, 1.807) is 14.2 Å². The third-order valence-electron chi connectivity index (χ3n) is 6.02. The van der Waals surface area contributed by atoms with Crippen molar-refractivity contribution < 1.29 is 14.2 Å². The van der Waals surface area contributed by atoms with Crippen molar-refractivity contribution in [3.8, 4) is 11.5 Å². The third kappa shape index (κ3) is 5.52. The summed E-state index contributed by atoms with van der Waals surface area (Å²) >= 11 is 0. The van der Waals surface area contributed by atoms with Gasteiger partial charge in [-0.3, -0.25) is 0 Å². The van der Waals surface area contributed by atoms with Crippen LogP contribution in [-0.2, 0) is 16.8 Å². The number of hydrogen-bond acceptors (Lipinski definition) is 4. The van der Waals surface area contributed by atoms with Crippen molar-refractivity contribution in [1.82, 2.24) is 4.90 Å². The van der Waals surface area contributed by atoms with Crippen molar-refractivity contribution in [3.63, 3.8) is 0 Å². The van der Waals surface area contributed by atoms with Crippen LogP contribution in [0.3, 0.4) is 0 Å². The molecule has 0 spiro atoms. The summed E-state index contributed by atoms with van der Waals surface area (Å²) in [7, 11) is 5.62. The van der Waals surface area contributed by atoms with E-state index in [-0.39, 0.29) is 5.41 Å². The van der Waals surface area contributed by atoms with Crippen LogP contribution in [-0.4, -0.2) is 45.9 Å². The molecule has 0 aliphatic heterocycles. The van der Waals surface area contributed by atoms with E-state index in [2.05, 4.69) is 55.3 Å². The van der Waals surface area contributed by atoms with Gasteiger partial charge in [-0.2, -0.15) is 0 Å². The van der Waals surface area contributed by atoms with Gasteiger partial charge < -0.3 is 19.1 Å². The summed E-state index contributed by atoms with van der Waals surface area (Å²) in [5.74, 6) is 2.11. The number of ether oxygens (including phenoxy) is 3. The fourth-order valence-electron chi connectivity index (χ4n) is 4.43. The Balaban J connectivity index is 1.53. The Bertz CT molecular complexity index is 758. The maximum atomic E-state index is 5.94. The molecule has 0 unspecified atom stereocenters. The predicted octanol–water partition coefficient (Wildman–Crippen LogP) is 4.91. The van der Waals surface area contributed by atoms with E-state index in [0.29, 0.717) is 12.5 Å². The van der Waals surface area contributed by atoms with Crippen molar-refractivity contribution in [2.75, 3.05) is 41.0 Å². The summed E-state index contributed by atoms with van der Waals surface area (Å²) in [6.07, 6.45) is 3.75. The molecule has 0 heterocycles. The first kappa shape index (κ1) is 21.7. The number of methoxy groups -OCH3 is 2. The van der Waals surface area contributed by atoms with Crippen LogP contribution in [0.4, 0.5) is 0 Å². The fraction of sp³-hybridized carbons (Fsp3) is 0.520. The van der Waals surface area contributed by atoms with E-state index in [0.717, 1.165) is 31.2 Å². The zero-order valence-electron chi connectivity index (χ0n) is 18.3. The zero-order valence-corrected chi connectivity index (χ0v) is 18.3. The molecule has 0 saturated heterocycles. The van der Waals surface area contributed by atoms with Crippen molar-refractivity contribution in [2.45, 2.75) is 38.2 Å². The Hall–Kier alpha value is -2.04. The molecule has 0 bridgehead atoms.